The van der Waals surface area contributed by atoms with Gasteiger partial charge in [-0.15, -0.1) is 0 Å². The predicted octanol–water partition coefficient (Wildman–Crippen LogP) is 4.21. The molecule has 5 heteroatoms. The van der Waals surface area contributed by atoms with Gasteiger partial charge >= 0.3 is 6.09 Å². The van der Waals surface area contributed by atoms with Crippen molar-refractivity contribution in [2.24, 2.45) is 0 Å². The molecule has 1 aliphatic rings. The van der Waals surface area contributed by atoms with Crippen molar-refractivity contribution in [1.29, 1.82) is 0 Å². The molecular formula is C17H22N2O3. The molecule has 0 aliphatic carbocycles. The Hall–Kier alpha value is -2.04. The van der Waals surface area contributed by atoms with Crippen LogP contribution in [0.4, 0.5) is 4.79 Å². The summed E-state index contributed by atoms with van der Waals surface area (Å²) in [6.07, 6.45) is 1.56. The molecule has 0 bridgehead atoms. The number of fused-ring (bicyclic) bond motifs is 1. The number of rotatable bonds is 1. The van der Waals surface area contributed by atoms with Crippen LogP contribution in [0.5, 0.6) is 0 Å². The van der Waals surface area contributed by atoms with Gasteiger partial charge in [0.2, 0.25) is 0 Å². The summed E-state index contributed by atoms with van der Waals surface area (Å²) in [6.45, 7) is 8.29. The number of hydrogen-bond donors (Lipinski definition) is 0. The van der Waals surface area contributed by atoms with Crippen molar-refractivity contribution in [3.63, 3.8) is 0 Å². The Balaban J connectivity index is 1.86. The quantitative estimate of drug-likeness (QED) is 0.792. The molecule has 1 atom stereocenters. The van der Waals surface area contributed by atoms with Gasteiger partial charge in [-0.25, -0.2) is 9.78 Å². The minimum absolute atomic E-state index is 0.0654. The summed E-state index contributed by atoms with van der Waals surface area (Å²) in [4.78, 5) is 18.6. The Morgan fingerprint density at radius 2 is 2.18 bits per heavy atom. The Morgan fingerprint density at radius 1 is 1.41 bits per heavy atom. The second-order valence-corrected chi connectivity index (χ2v) is 6.82. The monoisotopic (exact) mass is 302 g/mol. The lowest BCUT2D eigenvalue weighted by atomic mass is 10.1. The second-order valence-electron chi connectivity index (χ2n) is 6.82. The van der Waals surface area contributed by atoms with Gasteiger partial charge in [0.15, 0.2) is 5.58 Å². The highest BCUT2D eigenvalue weighted by Crippen LogP contribution is 2.35. The largest absolute Gasteiger partial charge is 0.457 e. The van der Waals surface area contributed by atoms with E-state index < -0.39 is 5.60 Å². The first-order valence-electron chi connectivity index (χ1n) is 7.70. The summed E-state index contributed by atoms with van der Waals surface area (Å²) in [5.74, 6) is 0.788. The number of carbonyl (C=O) groups excluding carboxylic acids is 1. The minimum Gasteiger partial charge on any atom is -0.457 e. The van der Waals surface area contributed by atoms with Crippen LogP contribution in [-0.2, 0) is 4.74 Å². The molecule has 2 aromatic rings. The average Bonchev–Trinajstić information content (AvgIpc) is 3.01. The van der Waals surface area contributed by atoms with Gasteiger partial charge in [0, 0.05) is 18.3 Å². The predicted molar refractivity (Wildman–Crippen MR) is 83.7 cm³/mol. The van der Waals surface area contributed by atoms with Crippen LogP contribution in [-0.4, -0.2) is 28.1 Å². The van der Waals surface area contributed by atoms with Crippen molar-refractivity contribution in [2.45, 2.75) is 52.2 Å². The number of ether oxygens (including phenoxy) is 1. The maximum atomic E-state index is 12.4. The molecule has 1 unspecified atom stereocenters. The van der Waals surface area contributed by atoms with Gasteiger partial charge < -0.3 is 9.15 Å². The van der Waals surface area contributed by atoms with Crippen LogP contribution in [0.1, 0.15) is 51.1 Å². The molecule has 1 fully saturated rings. The second kappa shape index (κ2) is 5.30. The highest BCUT2D eigenvalue weighted by atomic mass is 16.6. The molecule has 3 heterocycles. The zero-order valence-corrected chi connectivity index (χ0v) is 13.5. The van der Waals surface area contributed by atoms with E-state index in [1.807, 2.05) is 45.9 Å². The van der Waals surface area contributed by atoms with Crippen molar-refractivity contribution in [1.82, 2.24) is 9.88 Å². The Labute approximate surface area is 130 Å². The van der Waals surface area contributed by atoms with Crippen LogP contribution in [0, 0.1) is 6.92 Å². The van der Waals surface area contributed by atoms with Crippen LogP contribution in [0.3, 0.4) is 0 Å². The first-order valence-corrected chi connectivity index (χ1v) is 7.70. The maximum absolute atomic E-state index is 12.4. The molecule has 0 radical (unpaired) electrons. The number of aryl methyl sites for hydroxylation is 1. The molecule has 1 aliphatic heterocycles. The Morgan fingerprint density at radius 3 is 2.91 bits per heavy atom. The number of aromatic nitrogens is 1. The van der Waals surface area contributed by atoms with Crippen LogP contribution in [0.15, 0.2) is 22.6 Å². The fourth-order valence-electron chi connectivity index (χ4n) is 2.81. The van der Waals surface area contributed by atoms with Crippen molar-refractivity contribution in [3.05, 3.63) is 29.7 Å². The number of carbonyl (C=O) groups is 1. The number of amides is 1. The summed E-state index contributed by atoms with van der Waals surface area (Å²) in [5, 5.41) is 0. The average molecular weight is 302 g/mol. The summed E-state index contributed by atoms with van der Waals surface area (Å²) in [6, 6.07) is 5.73. The number of nitrogens with zero attached hydrogens (tertiary/aromatic N) is 2. The molecule has 2 aromatic heterocycles. The molecule has 1 amide bonds. The van der Waals surface area contributed by atoms with Crippen molar-refractivity contribution in [2.75, 3.05) is 6.54 Å². The van der Waals surface area contributed by atoms with E-state index in [2.05, 4.69) is 4.98 Å². The first kappa shape index (κ1) is 14.9. The highest BCUT2D eigenvalue weighted by molar-refractivity contribution is 5.74. The van der Waals surface area contributed by atoms with E-state index in [1.165, 1.54) is 0 Å². The normalized spacial score (nSPS) is 18.9. The SMILES string of the molecule is Cc1ccc2oc(C3CCCN3C(=O)OC(C)(C)C)cc2n1. The van der Waals surface area contributed by atoms with E-state index in [9.17, 15) is 4.79 Å². The summed E-state index contributed by atoms with van der Waals surface area (Å²) < 4.78 is 11.4. The van der Waals surface area contributed by atoms with E-state index in [-0.39, 0.29) is 12.1 Å². The van der Waals surface area contributed by atoms with Crippen LogP contribution >= 0.6 is 0 Å². The first-order chi connectivity index (χ1) is 10.3. The lowest BCUT2D eigenvalue weighted by molar-refractivity contribution is 0.0209. The van der Waals surface area contributed by atoms with Crippen LogP contribution in [0.25, 0.3) is 11.1 Å². The molecular weight excluding hydrogens is 280 g/mol. The van der Waals surface area contributed by atoms with Crippen LogP contribution in [0.2, 0.25) is 0 Å². The molecule has 118 valence electrons. The third kappa shape index (κ3) is 2.93. The minimum atomic E-state index is -0.489. The molecule has 5 nitrogen and oxygen atoms in total. The van der Waals surface area contributed by atoms with Gasteiger partial charge in [-0.05, 0) is 52.7 Å². The van der Waals surface area contributed by atoms with E-state index in [0.717, 1.165) is 35.4 Å². The van der Waals surface area contributed by atoms with Crippen molar-refractivity contribution in [3.8, 4) is 0 Å². The molecule has 3 rings (SSSR count). The zero-order chi connectivity index (χ0) is 15.9. The lowest BCUT2D eigenvalue weighted by Gasteiger charge is -2.27. The summed E-state index contributed by atoms with van der Waals surface area (Å²) >= 11 is 0. The molecule has 1 saturated heterocycles. The fraction of sp³-hybridized carbons (Fsp3) is 0.529. The van der Waals surface area contributed by atoms with E-state index >= 15 is 0 Å². The highest BCUT2D eigenvalue weighted by Gasteiger charge is 2.35. The standard InChI is InChI=1S/C17H22N2O3/c1-11-7-8-14-12(18-11)10-15(21-14)13-6-5-9-19(13)16(20)22-17(2,3)4/h7-8,10,13H,5-6,9H2,1-4H3. The summed E-state index contributed by atoms with van der Waals surface area (Å²) in [5.41, 5.74) is 2.06. The number of furan rings is 1. The molecule has 22 heavy (non-hydrogen) atoms. The van der Waals surface area contributed by atoms with E-state index in [4.69, 9.17) is 9.15 Å². The fourth-order valence-corrected chi connectivity index (χ4v) is 2.81. The molecule has 0 saturated carbocycles. The van der Waals surface area contributed by atoms with Gasteiger partial charge in [0.05, 0.1) is 6.04 Å². The summed E-state index contributed by atoms with van der Waals surface area (Å²) in [7, 11) is 0. The Kier molecular flexibility index (Phi) is 3.59. The van der Waals surface area contributed by atoms with Crippen molar-refractivity contribution >= 4 is 17.2 Å². The zero-order valence-electron chi connectivity index (χ0n) is 13.5. The maximum Gasteiger partial charge on any atom is 0.410 e. The van der Waals surface area contributed by atoms with Crippen LogP contribution < -0.4 is 0 Å². The lowest BCUT2D eigenvalue weighted by Crippen LogP contribution is -2.36. The molecule has 0 spiro atoms. The number of likely N-dealkylation sites (tertiary alicyclic amines) is 1. The van der Waals surface area contributed by atoms with Gasteiger partial charge in [0.25, 0.3) is 0 Å². The van der Waals surface area contributed by atoms with E-state index in [1.54, 1.807) is 4.90 Å². The van der Waals surface area contributed by atoms with Gasteiger partial charge in [-0.1, -0.05) is 0 Å². The molecule has 0 N–H and O–H groups in total. The smallest absolute Gasteiger partial charge is 0.410 e. The number of pyridine rings is 1. The van der Waals surface area contributed by atoms with Crippen molar-refractivity contribution < 1.29 is 13.9 Å². The third-order valence-corrected chi connectivity index (χ3v) is 3.74. The topological polar surface area (TPSA) is 55.6 Å². The van der Waals surface area contributed by atoms with Gasteiger partial charge in [0.1, 0.15) is 16.9 Å². The third-order valence-electron chi connectivity index (χ3n) is 3.74. The Bertz CT molecular complexity index is 699. The van der Waals surface area contributed by atoms with Gasteiger partial charge in [-0.3, -0.25) is 4.90 Å². The van der Waals surface area contributed by atoms with Gasteiger partial charge in [-0.2, -0.15) is 0 Å². The number of hydrogen-bond acceptors (Lipinski definition) is 4. The molecule has 0 aromatic carbocycles. The van der Waals surface area contributed by atoms with E-state index in [0.29, 0.717) is 6.54 Å².